The predicted octanol–water partition coefficient (Wildman–Crippen LogP) is 4.05. The topological polar surface area (TPSA) is 38.8 Å². The molecule has 2 unspecified atom stereocenters. The summed E-state index contributed by atoms with van der Waals surface area (Å²) < 4.78 is 0. The van der Waals surface area contributed by atoms with Gasteiger partial charge >= 0.3 is 6.03 Å². The molecule has 2 heterocycles. The van der Waals surface area contributed by atoms with Gasteiger partial charge in [0.05, 0.1) is 6.04 Å². The second kappa shape index (κ2) is 9.94. The molecule has 162 valence electrons. The van der Waals surface area contributed by atoms with E-state index in [0.717, 1.165) is 26.2 Å². The van der Waals surface area contributed by atoms with Crippen LogP contribution >= 0.6 is 11.3 Å². The van der Waals surface area contributed by atoms with Gasteiger partial charge in [-0.25, -0.2) is 4.79 Å². The minimum atomic E-state index is 0.0638. The van der Waals surface area contributed by atoms with Crippen LogP contribution in [0, 0.1) is 5.92 Å². The van der Waals surface area contributed by atoms with Crippen LogP contribution in [-0.4, -0.2) is 66.5 Å². The Morgan fingerprint density at radius 2 is 1.87 bits per heavy atom. The number of rotatable bonds is 8. The van der Waals surface area contributed by atoms with Gasteiger partial charge in [-0.3, -0.25) is 4.90 Å². The molecular weight excluding hydrogens is 392 g/mol. The highest BCUT2D eigenvalue weighted by atomic mass is 32.1. The molecule has 2 fully saturated rings. The number of nitrogens with one attached hydrogen (secondary N) is 1. The van der Waals surface area contributed by atoms with Crippen LogP contribution in [0.1, 0.15) is 36.2 Å². The monoisotopic (exact) mass is 426 g/mol. The number of hydrogen-bond acceptors (Lipinski definition) is 4. The molecule has 1 N–H and O–H groups in total. The van der Waals surface area contributed by atoms with Crippen LogP contribution in [0.2, 0.25) is 0 Å². The number of piperazine rings is 1. The van der Waals surface area contributed by atoms with E-state index in [-0.39, 0.29) is 18.1 Å². The first-order chi connectivity index (χ1) is 14.6. The van der Waals surface area contributed by atoms with Gasteiger partial charge in [0.25, 0.3) is 0 Å². The van der Waals surface area contributed by atoms with E-state index in [2.05, 4.69) is 58.7 Å². The first-order valence-corrected chi connectivity index (χ1v) is 12.0. The van der Waals surface area contributed by atoms with Crippen molar-refractivity contribution in [3.63, 3.8) is 0 Å². The van der Waals surface area contributed by atoms with E-state index in [1.165, 1.54) is 23.3 Å². The molecule has 4 rings (SSSR count). The second-order valence-corrected chi connectivity index (χ2v) is 9.73. The molecule has 1 aliphatic heterocycles. The van der Waals surface area contributed by atoms with E-state index < -0.39 is 0 Å². The molecule has 1 saturated heterocycles. The van der Waals surface area contributed by atoms with Crippen molar-refractivity contribution in [1.29, 1.82) is 0 Å². The normalized spacial score (nSPS) is 19.9. The largest absolute Gasteiger partial charge is 0.336 e. The third-order valence-corrected chi connectivity index (χ3v) is 7.52. The Labute approximate surface area is 184 Å². The molecular formula is C24H34N4OS. The zero-order valence-corrected chi connectivity index (χ0v) is 19.0. The maximum atomic E-state index is 13.3. The molecule has 5 nitrogen and oxygen atoms in total. The highest BCUT2D eigenvalue weighted by Gasteiger charge is 2.35. The van der Waals surface area contributed by atoms with E-state index >= 15 is 0 Å². The number of carbonyl (C=O) groups excluding carboxylic acids is 1. The Bertz CT molecular complexity index is 785. The van der Waals surface area contributed by atoms with Crippen molar-refractivity contribution in [3.8, 4) is 0 Å². The van der Waals surface area contributed by atoms with Crippen molar-refractivity contribution < 1.29 is 4.79 Å². The van der Waals surface area contributed by atoms with Crippen LogP contribution in [0.25, 0.3) is 0 Å². The highest BCUT2D eigenvalue weighted by molar-refractivity contribution is 7.10. The number of benzene rings is 1. The zero-order chi connectivity index (χ0) is 20.9. The first-order valence-electron chi connectivity index (χ1n) is 11.2. The number of thiophene rings is 1. The molecule has 2 amide bonds. The standard InChI is InChI=1S/C24H34N4OS/c1-19(21-10-11-21)28(18-20-7-4-3-5-8-20)24(29)25-17-22(23-9-6-16-30-23)27-14-12-26(2)13-15-27/h3-9,16,19,21-22H,10-15,17-18H2,1-2H3,(H,25,29). The lowest BCUT2D eigenvalue weighted by molar-refractivity contribution is 0.109. The molecule has 2 atom stereocenters. The van der Waals surface area contributed by atoms with E-state index in [0.29, 0.717) is 19.0 Å². The minimum Gasteiger partial charge on any atom is -0.336 e. The SMILES string of the molecule is CC(C1CC1)N(Cc1ccccc1)C(=O)NCC(c1cccs1)N1CCN(C)CC1. The van der Waals surface area contributed by atoms with Gasteiger partial charge in [0.1, 0.15) is 0 Å². The predicted molar refractivity (Wildman–Crippen MR) is 124 cm³/mol. The number of amides is 2. The summed E-state index contributed by atoms with van der Waals surface area (Å²) >= 11 is 1.79. The Kier molecular flexibility index (Phi) is 7.08. The molecule has 6 heteroatoms. The smallest absolute Gasteiger partial charge is 0.318 e. The Morgan fingerprint density at radius 3 is 2.50 bits per heavy atom. The molecule has 2 aliphatic rings. The van der Waals surface area contributed by atoms with Crippen LogP contribution in [0.4, 0.5) is 4.79 Å². The fraction of sp³-hybridized carbons (Fsp3) is 0.542. The lowest BCUT2D eigenvalue weighted by Gasteiger charge is -2.38. The molecule has 0 bridgehead atoms. The molecule has 30 heavy (non-hydrogen) atoms. The Morgan fingerprint density at radius 1 is 1.13 bits per heavy atom. The maximum Gasteiger partial charge on any atom is 0.318 e. The molecule has 1 aliphatic carbocycles. The van der Waals surface area contributed by atoms with Crippen molar-refractivity contribution in [1.82, 2.24) is 20.0 Å². The van der Waals surface area contributed by atoms with Crippen molar-refractivity contribution in [2.75, 3.05) is 39.8 Å². The van der Waals surface area contributed by atoms with Crippen LogP contribution < -0.4 is 5.32 Å². The summed E-state index contributed by atoms with van der Waals surface area (Å²) in [4.78, 5) is 21.6. The first kappa shape index (κ1) is 21.3. The zero-order valence-electron chi connectivity index (χ0n) is 18.2. The molecule has 1 aromatic carbocycles. The van der Waals surface area contributed by atoms with Crippen LogP contribution in [0.5, 0.6) is 0 Å². The van der Waals surface area contributed by atoms with Gasteiger partial charge in [0.2, 0.25) is 0 Å². The quantitative estimate of drug-likeness (QED) is 0.692. The molecule has 2 aromatic rings. The number of urea groups is 1. The van der Waals surface area contributed by atoms with Crippen molar-refractivity contribution in [2.24, 2.45) is 5.92 Å². The van der Waals surface area contributed by atoms with Crippen molar-refractivity contribution >= 4 is 17.4 Å². The fourth-order valence-corrected chi connectivity index (χ4v) is 5.18. The van der Waals surface area contributed by atoms with E-state index in [1.807, 2.05) is 23.1 Å². The molecule has 1 aromatic heterocycles. The summed E-state index contributed by atoms with van der Waals surface area (Å²) in [5.41, 5.74) is 1.19. The Hall–Kier alpha value is -1.89. The van der Waals surface area contributed by atoms with Crippen molar-refractivity contribution in [3.05, 3.63) is 58.3 Å². The Balaban J connectivity index is 1.43. The summed E-state index contributed by atoms with van der Waals surface area (Å²) in [6, 6.07) is 15.2. The summed E-state index contributed by atoms with van der Waals surface area (Å²) in [6.07, 6.45) is 2.47. The summed E-state index contributed by atoms with van der Waals surface area (Å²) in [5, 5.41) is 5.44. The number of hydrogen-bond donors (Lipinski definition) is 1. The third-order valence-electron chi connectivity index (χ3n) is 6.55. The fourth-order valence-electron chi connectivity index (χ4n) is 4.32. The average molecular weight is 427 g/mol. The van der Waals surface area contributed by atoms with Gasteiger partial charge < -0.3 is 15.1 Å². The van der Waals surface area contributed by atoms with Crippen LogP contribution in [0.15, 0.2) is 47.8 Å². The summed E-state index contributed by atoms with van der Waals surface area (Å²) in [5.74, 6) is 0.644. The lowest BCUT2D eigenvalue weighted by atomic mass is 10.1. The van der Waals surface area contributed by atoms with Crippen molar-refractivity contribution in [2.45, 2.75) is 38.4 Å². The van der Waals surface area contributed by atoms with E-state index in [9.17, 15) is 4.79 Å². The third kappa shape index (κ3) is 5.42. The van der Waals surface area contributed by atoms with Gasteiger partial charge in [0.15, 0.2) is 0 Å². The van der Waals surface area contributed by atoms with Gasteiger partial charge in [-0.2, -0.15) is 0 Å². The van der Waals surface area contributed by atoms with Crippen LogP contribution in [0.3, 0.4) is 0 Å². The van der Waals surface area contributed by atoms with Gasteiger partial charge in [-0.15, -0.1) is 11.3 Å². The average Bonchev–Trinajstić information content (AvgIpc) is 3.48. The molecule has 0 radical (unpaired) electrons. The van der Waals surface area contributed by atoms with Gasteiger partial charge in [-0.1, -0.05) is 36.4 Å². The van der Waals surface area contributed by atoms with E-state index in [4.69, 9.17) is 0 Å². The molecule has 0 spiro atoms. The number of likely N-dealkylation sites (N-methyl/N-ethyl adjacent to an activating group) is 1. The van der Waals surface area contributed by atoms with Gasteiger partial charge in [-0.05, 0) is 49.7 Å². The number of carbonyl (C=O) groups is 1. The summed E-state index contributed by atoms with van der Waals surface area (Å²) in [6.45, 7) is 7.78. The second-order valence-electron chi connectivity index (χ2n) is 8.75. The number of nitrogens with zero attached hydrogens (tertiary/aromatic N) is 3. The van der Waals surface area contributed by atoms with Crippen LogP contribution in [-0.2, 0) is 6.54 Å². The lowest BCUT2D eigenvalue weighted by Crippen LogP contribution is -2.51. The van der Waals surface area contributed by atoms with E-state index in [1.54, 1.807) is 11.3 Å². The highest BCUT2D eigenvalue weighted by Crippen LogP contribution is 2.36. The summed E-state index contributed by atoms with van der Waals surface area (Å²) in [7, 11) is 2.18. The molecule has 1 saturated carbocycles. The van der Waals surface area contributed by atoms with Gasteiger partial charge in [0, 0.05) is 50.2 Å². The minimum absolute atomic E-state index is 0.0638. The maximum absolute atomic E-state index is 13.3.